The number of hydrogen-bond donors (Lipinski definition) is 1. The topological polar surface area (TPSA) is 74.0 Å². The fraction of sp³-hybridized carbons (Fsp3) is 0.278. The van der Waals surface area contributed by atoms with Gasteiger partial charge in [-0.2, -0.15) is 10.2 Å². The molecule has 0 spiro atoms. The molecule has 1 aromatic carbocycles. The lowest BCUT2D eigenvalue weighted by Gasteiger charge is -2.08. The Morgan fingerprint density at radius 2 is 2.07 bits per heavy atom. The van der Waals surface area contributed by atoms with Crippen molar-refractivity contribution in [2.75, 3.05) is 6.54 Å². The molecule has 0 bridgehead atoms. The Morgan fingerprint density at radius 3 is 2.79 bits per heavy atom. The quantitative estimate of drug-likeness (QED) is 0.481. The summed E-state index contributed by atoms with van der Waals surface area (Å²) in [5.74, 6) is 0.404. The molecular formula is C18H18BrCl2N5O2. The molecule has 1 N–H and O–H groups in total. The van der Waals surface area contributed by atoms with Gasteiger partial charge in [-0.25, -0.2) is 4.68 Å². The van der Waals surface area contributed by atoms with Crippen molar-refractivity contribution in [3.63, 3.8) is 0 Å². The second-order valence-corrected chi connectivity index (χ2v) is 7.72. The lowest BCUT2D eigenvalue weighted by atomic mass is 10.3. The highest BCUT2D eigenvalue weighted by Gasteiger charge is 2.10. The summed E-state index contributed by atoms with van der Waals surface area (Å²) < 4.78 is 9.74. The molecule has 10 heteroatoms. The van der Waals surface area contributed by atoms with Gasteiger partial charge in [0.15, 0.2) is 6.73 Å². The van der Waals surface area contributed by atoms with Crippen molar-refractivity contribution in [3.8, 4) is 5.75 Å². The molecule has 0 atom stereocenters. The standard InChI is InChI=1S/C18H18BrCl2N5O2/c1-12-15(21)10-25(23-12)7-2-6-22-18(27)16-5-8-26(24-16)11-28-17-4-3-13(20)9-14(17)19/h3-5,8-10H,2,6-7,11H2,1H3,(H,22,27). The highest BCUT2D eigenvalue weighted by atomic mass is 79.9. The van der Waals surface area contributed by atoms with Crippen LogP contribution in [0.1, 0.15) is 22.6 Å². The Labute approximate surface area is 180 Å². The van der Waals surface area contributed by atoms with Gasteiger partial charge in [0.05, 0.1) is 15.2 Å². The van der Waals surface area contributed by atoms with Crippen molar-refractivity contribution in [3.05, 3.63) is 62.6 Å². The summed E-state index contributed by atoms with van der Waals surface area (Å²) in [6.07, 6.45) is 4.20. The lowest BCUT2D eigenvalue weighted by molar-refractivity contribution is 0.0945. The molecule has 0 unspecified atom stereocenters. The van der Waals surface area contributed by atoms with E-state index in [4.69, 9.17) is 27.9 Å². The number of nitrogens with one attached hydrogen (secondary N) is 1. The van der Waals surface area contributed by atoms with Gasteiger partial charge in [-0.15, -0.1) is 0 Å². The minimum absolute atomic E-state index is 0.174. The van der Waals surface area contributed by atoms with Crippen LogP contribution in [0, 0.1) is 6.92 Å². The SMILES string of the molecule is Cc1nn(CCCNC(=O)c2ccn(COc3ccc(Cl)cc3Br)n2)cc1Cl. The molecule has 7 nitrogen and oxygen atoms in total. The van der Waals surface area contributed by atoms with Crippen LogP contribution in [0.5, 0.6) is 5.75 Å². The predicted molar refractivity (Wildman–Crippen MR) is 111 cm³/mol. The number of aryl methyl sites for hydroxylation is 2. The minimum Gasteiger partial charge on any atom is -0.470 e. The maximum atomic E-state index is 12.2. The van der Waals surface area contributed by atoms with Crippen molar-refractivity contribution >= 4 is 45.0 Å². The third-order valence-corrected chi connectivity index (χ3v) is 5.08. The van der Waals surface area contributed by atoms with E-state index in [1.54, 1.807) is 46.0 Å². The Bertz CT molecular complexity index is 953. The van der Waals surface area contributed by atoms with Crippen LogP contribution < -0.4 is 10.1 Å². The van der Waals surface area contributed by atoms with Crippen LogP contribution >= 0.6 is 39.1 Å². The predicted octanol–water partition coefficient (Wildman–Crippen LogP) is 4.31. The number of hydrogen-bond acceptors (Lipinski definition) is 4. The number of ether oxygens (including phenoxy) is 1. The van der Waals surface area contributed by atoms with Gasteiger partial charge >= 0.3 is 0 Å². The molecule has 1 amide bonds. The minimum atomic E-state index is -0.235. The van der Waals surface area contributed by atoms with Gasteiger partial charge in [0.25, 0.3) is 5.91 Å². The number of aromatic nitrogens is 4. The van der Waals surface area contributed by atoms with E-state index in [9.17, 15) is 4.79 Å². The zero-order valence-corrected chi connectivity index (χ0v) is 18.1. The zero-order chi connectivity index (χ0) is 20.1. The summed E-state index contributed by atoms with van der Waals surface area (Å²) in [5.41, 5.74) is 1.13. The van der Waals surface area contributed by atoms with Crippen LogP contribution in [0.2, 0.25) is 10.0 Å². The average Bonchev–Trinajstić information content (AvgIpc) is 3.25. The molecule has 2 heterocycles. The van der Waals surface area contributed by atoms with Crippen molar-refractivity contribution in [2.24, 2.45) is 0 Å². The van der Waals surface area contributed by atoms with Crippen LogP contribution in [0.25, 0.3) is 0 Å². The van der Waals surface area contributed by atoms with Crippen molar-refractivity contribution < 1.29 is 9.53 Å². The molecule has 0 saturated heterocycles. The fourth-order valence-electron chi connectivity index (χ4n) is 2.42. The summed E-state index contributed by atoms with van der Waals surface area (Å²) in [6, 6.07) is 6.89. The first kappa shape index (κ1) is 20.7. The normalized spacial score (nSPS) is 10.9. The van der Waals surface area contributed by atoms with Crippen molar-refractivity contribution in [1.29, 1.82) is 0 Å². The third kappa shape index (κ3) is 5.50. The summed E-state index contributed by atoms with van der Waals surface area (Å²) in [4.78, 5) is 12.2. The smallest absolute Gasteiger partial charge is 0.271 e. The summed E-state index contributed by atoms with van der Waals surface area (Å²) >= 11 is 15.3. The van der Waals surface area contributed by atoms with Gasteiger partial charge in [0.1, 0.15) is 11.4 Å². The van der Waals surface area contributed by atoms with Crippen LogP contribution in [0.3, 0.4) is 0 Å². The lowest BCUT2D eigenvalue weighted by Crippen LogP contribution is -2.26. The maximum Gasteiger partial charge on any atom is 0.271 e. The van der Waals surface area contributed by atoms with Crippen LogP contribution in [0.15, 0.2) is 41.1 Å². The van der Waals surface area contributed by atoms with E-state index in [1.807, 2.05) is 6.92 Å². The van der Waals surface area contributed by atoms with Gasteiger partial charge in [-0.1, -0.05) is 23.2 Å². The number of benzene rings is 1. The number of rotatable bonds is 8. The fourth-order valence-corrected chi connectivity index (χ4v) is 3.37. The van der Waals surface area contributed by atoms with Gasteiger partial charge in [0, 0.05) is 30.5 Å². The number of halogens is 3. The molecule has 148 valence electrons. The van der Waals surface area contributed by atoms with Gasteiger partial charge in [-0.05, 0) is 53.5 Å². The Balaban J connectivity index is 1.44. The monoisotopic (exact) mass is 485 g/mol. The first-order valence-electron chi connectivity index (χ1n) is 8.51. The van der Waals surface area contributed by atoms with E-state index in [0.717, 1.165) is 16.6 Å². The summed E-state index contributed by atoms with van der Waals surface area (Å²) in [6.45, 7) is 3.21. The first-order valence-corrected chi connectivity index (χ1v) is 10.1. The number of amides is 1. The van der Waals surface area contributed by atoms with E-state index >= 15 is 0 Å². The van der Waals surface area contributed by atoms with Crippen LogP contribution in [-0.4, -0.2) is 32.0 Å². The second kappa shape index (κ2) is 9.45. The second-order valence-electron chi connectivity index (χ2n) is 6.02. The van der Waals surface area contributed by atoms with Crippen LogP contribution in [0.4, 0.5) is 0 Å². The van der Waals surface area contributed by atoms with Gasteiger partial charge in [0.2, 0.25) is 0 Å². The molecule has 3 rings (SSSR count). The molecule has 0 aliphatic carbocycles. The van der Waals surface area contributed by atoms with Crippen molar-refractivity contribution in [2.45, 2.75) is 26.6 Å². The zero-order valence-electron chi connectivity index (χ0n) is 15.0. The third-order valence-electron chi connectivity index (χ3n) is 3.86. The first-order chi connectivity index (χ1) is 13.4. The molecule has 0 aliphatic heterocycles. The summed E-state index contributed by atoms with van der Waals surface area (Å²) in [7, 11) is 0. The number of carbonyl (C=O) groups excluding carboxylic acids is 1. The molecule has 0 saturated carbocycles. The molecule has 0 fully saturated rings. The van der Waals surface area contributed by atoms with Crippen molar-refractivity contribution in [1.82, 2.24) is 24.9 Å². The largest absolute Gasteiger partial charge is 0.470 e. The van der Waals surface area contributed by atoms with E-state index in [2.05, 4.69) is 31.4 Å². The van der Waals surface area contributed by atoms with Gasteiger partial charge < -0.3 is 10.1 Å². The highest BCUT2D eigenvalue weighted by molar-refractivity contribution is 9.10. The van der Waals surface area contributed by atoms with E-state index in [0.29, 0.717) is 34.6 Å². The molecule has 0 aliphatic rings. The van der Waals surface area contributed by atoms with Gasteiger partial charge in [-0.3, -0.25) is 9.48 Å². The van der Waals surface area contributed by atoms with E-state index in [-0.39, 0.29) is 12.6 Å². The summed E-state index contributed by atoms with van der Waals surface area (Å²) in [5, 5.41) is 12.6. The number of nitrogens with zero attached hydrogens (tertiary/aromatic N) is 4. The average molecular weight is 487 g/mol. The molecule has 0 radical (unpaired) electrons. The Hall–Kier alpha value is -2.03. The molecular weight excluding hydrogens is 469 g/mol. The Morgan fingerprint density at radius 1 is 1.25 bits per heavy atom. The Kier molecular flexibility index (Phi) is 6.98. The molecule has 3 aromatic rings. The molecule has 28 heavy (non-hydrogen) atoms. The number of carbonyl (C=O) groups is 1. The molecule has 2 aromatic heterocycles. The van der Waals surface area contributed by atoms with Crippen LogP contribution in [-0.2, 0) is 13.3 Å². The maximum absolute atomic E-state index is 12.2. The van der Waals surface area contributed by atoms with E-state index < -0.39 is 0 Å². The van der Waals surface area contributed by atoms with E-state index in [1.165, 1.54) is 0 Å². The highest BCUT2D eigenvalue weighted by Crippen LogP contribution is 2.28.